The Kier molecular flexibility index (Phi) is 5.48. The summed E-state index contributed by atoms with van der Waals surface area (Å²) in [6.07, 6.45) is 0. The van der Waals surface area contributed by atoms with E-state index >= 15 is 0 Å². The standard InChI is InChI=1S/C24H21N3O3/c25-24-23(18-11-5-2-6-12-18)20(28)15-27(24)26-22(29)16-30-21-14-8-7-13-19(21)17-9-3-1-4-10-17/h1-14,25,28H,15-16H2,(H,26,29). The Hall–Kier alpha value is -4.06. The first kappa shape index (κ1) is 19.3. The number of hydrogen-bond acceptors (Lipinski definition) is 4. The molecule has 3 aromatic rings. The fourth-order valence-corrected chi connectivity index (χ4v) is 3.36. The number of rotatable bonds is 6. The second-order valence-corrected chi connectivity index (χ2v) is 6.81. The highest BCUT2D eigenvalue weighted by Gasteiger charge is 2.29. The van der Waals surface area contributed by atoms with E-state index in [-0.39, 0.29) is 24.7 Å². The zero-order chi connectivity index (χ0) is 20.9. The van der Waals surface area contributed by atoms with Gasteiger partial charge in [-0.3, -0.25) is 20.6 Å². The summed E-state index contributed by atoms with van der Waals surface area (Å²) in [6.45, 7) is -0.176. The Morgan fingerprint density at radius 3 is 2.23 bits per heavy atom. The monoisotopic (exact) mass is 399 g/mol. The second-order valence-electron chi connectivity index (χ2n) is 6.81. The molecule has 1 aliphatic heterocycles. The van der Waals surface area contributed by atoms with Gasteiger partial charge in [0.25, 0.3) is 5.91 Å². The number of benzene rings is 3. The zero-order valence-corrected chi connectivity index (χ0v) is 16.2. The van der Waals surface area contributed by atoms with Crippen LogP contribution in [0.25, 0.3) is 16.7 Å². The van der Waals surface area contributed by atoms with Gasteiger partial charge in [0, 0.05) is 5.56 Å². The molecular weight excluding hydrogens is 378 g/mol. The molecule has 0 atom stereocenters. The quantitative estimate of drug-likeness (QED) is 0.584. The van der Waals surface area contributed by atoms with Crippen LogP contribution in [0, 0.1) is 5.41 Å². The minimum atomic E-state index is -0.412. The fraction of sp³-hybridized carbons (Fsp3) is 0.0833. The number of carbonyl (C=O) groups excluding carboxylic acids is 1. The molecule has 3 aromatic carbocycles. The normalized spacial score (nSPS) is 13.5. The summed E-state index contributed by atoms with van der Waals surface area (Å²) < 4.78 is 5.75. The number of para-hydroxylation sites is 1. The van der Waals surface area contributed by atoms with Crippen LogP contribution in [0.1, 0.15) is 5.56 Å². The number of amides is 1. The van der Waals surface area contributed by atoms with Crippen LogP contribution in [0.5, 0.6) is 5.75 Å². The maximum absolute atomic E-state index is 12.4. The van der Waals surface area contributed by atoms with Crippen LogP contribution in [0.2, 0.25) is 0 Å². The molecule has 0 saturated carbocycles. The molecule has 6 nitrogen and oxygen atoms in total. The first-order valence-electron chi connectivity index (χ1n) is 9.54. The largest absolute Gasteiger partial charge is 0.510 e. The Morgan fingerprint density at radius 2 is 1.53 bits per heavy atom. The lowest BCUT2D eigenvalue weighted by Gasteiger charge is -2.20. The fourth-order valence-electron chi connectivity index (χ4n) is 3.36. The summed E-state index contributed by atoms with van der Waals surface area (Å²) in [5.74, 6) is 0.268. The highest BCUT2D eigenvalue weighted by atomic mass is 16.5. The van der Waals surface area contributed by atoms with Crippen LogP contribution in [0.4, 0.5) is 0 Å². The highest BCUT2D eigenvalue weighted by molar-refractivity contribution is 6.23. The molecule has 4 rings (SSSR count). The van der Waals surface area contributed by atoms with E-state index in [4.69, 9.17) is 10.1 Å². The van der Waals surface area contributed by atoms with Gasteiger partial charge in [0.15, 0.2) is 12.4 Å². The number of hydrazine groups is 1. The molecule has 1 amide bonds. The van der Waals surface area contributed by atoms with Gasteiger partial charge in [-0.05, 0) is 17.2 Å². The average molecular weight is 399 g/mol. The van der Waals surface area contributed by atoms with E-state index in [1.54, 1.807) is 0 Å². The van der Waals surface area contributed by atoms with Gasteiger partial charge in [-0.2, -0.15) is 0 Å². The van der Waals surface area contributed by atoms with Crippen molar-refractivity contribution in [3.63, 3.8) is 0 Å². The molecule has 6 heteroatoms. The first-order chi connectivity index (χ1) is 14.6. The number of aliphatic hydroxyl groups excluding tert-OH is 1. The number of aliphatic hydroxyl groups is 1. The van der Waals surface area contributed by atoms with Crippen LogP contribution in [-0.4, -0.2) is 35.0 Å². The van der Waals surface area contributed by atoms with Crippen molar-refractivity contribution in [2.75, 3.05) is 13.2 Å². The third-order valence-corrected chi connectivity index (χ3v) is 4.76. The van der Waals surface area contributed by atoms with Crippen molar-refractivity contribution in [3.8, 4) is 16.9 Å². The Balaban J connectivity index is 1.40. The maximum Gasteiger partial charge on any atom is 0.276 e. The summed E-state index contributed by atoms with van der Waals surface area (Å²) in [5.41, 5.74) is 5.66. The molecular formula is C24H21N3O3. The predicted molar refractivity (Wildman–Crippen MR) is 116 cm³/mol. The molecule has 1 heterocycles. The number of amidine groups is 1. The van der Waals surface area contributed by atoms with Crippen LogP contribution >= 0.6 is 0 Å². The molecule has 0 aromatic heterocycles. The molecule has 0 saturated heterocycles. The lowest BCUT2D eigenvalue weighted by atomic mass is 10.1. The summed E-state index contributed by atoms with van der Waals surface area (Å²) in [4.78, 5) is 12.4. The Bertz CT molecular complexity index is 1090. The number of hydrogen-bond donors (Lipinski definition) is 3. The SMILES string of the molecule is N=C1C(c2ccccc2)=C(O)CN1NC(=O)COc1ccccc1-c1ccccc1. The predicted octanol–water partition coefficient (Wildman–Crippen LogP) is 4.03. The number of nitrogens with one attached hydrogen (secondary N) is 2. The summed E-state index contributed by atoms with van der Waals surface area (Å²) in [6, 6.07) is 26.5. The van der Waals surface area contributed by atoms with Gasteiger partial charge in [0.05, 0.1) is 12.1 Å². The van der Waals surface area contributed by atoms with E-state index in [1.807, 2.05) is 84.9 Å². The third-order valence-electron chi connectivity index (χ3n) is 4.76. The molecule has 0 aliphatic carbocycles. The summed E-state index contributed by atoms with van der Waals surface area (Å²) in [5, 5.41) is 19.9. The minimum absolute atomic E-state index is 0.0371. The van der Waals surface area contributed by atoms with Crippen molar-refractivity contribution < 1.29 is 14.6 Å². The number of nitrogens with zero attached hydrogens (tertiary/aromatic N) is 1. The minimum Gasteiger partial charge on any atom is -0.510 e. The van der Waals surface area contributed by atoms with Gasteiger partial charge < -0.3 is 9.84 Å². The van der Waals surface area contributed by atoms with Crippen LogP contribution in [0.15, 0.2) is 90.7 Å². The van der Waals surface area contributed by atoms with E-state index in [9.17, 15) is 9.90 Å². The molecule has 0 fully saturated rings. The average Bonchev–Trinajstić information content (AvgIpc) is 3.06. The molecule has 0 radical (unpaired) electrons. The van der Waals surface area contributed by atoms with Gasteiger partial charge in [-0.25, -0.2) is 0 Å². The van der Waals surface area contributed by atoms with E-state index in [0.717, 1.165) is 16.7 Å². The van der Waals surface area contributed by atoms with Crippen molar-refractivity contribution in [2.45, 2.75) is 0 Å². The number of ether oxygens (including phenoxy) is 1. The molecule has 0 spiro atoms. The zero-order valence-electron chi connectivity index (χ0n) is 16.2. The van der Waals surface area contributed by atoms with Crippen molar-refractivity contribution in [3.05, 3.63) is 96.3 Å². The van der Waals surface area contributed by atoms with Gasteiger partial charge in [0.1, 0.15) is 11.5 Å². The second kappa shape index (κ2) is 8.53. The van der Waals surface area contributed by atoms with Crippen molar-refractivity contribution >= 4 is 17.3 Å². The van der Waals surface area contributed by atoms with Gasteiger partial charge in [-0.15, -0.1) is 0 Å². The first-order valence-corrected chi connectivity index (χ1v) is 9.54. The van der Waals surface area contributed by atoms with Crippen molar-refractivity contribution in [2.24, 2.45) is 0 Å². The lowest BCUT2D eigenvalue weighted by Crippen LogP contribution is -2.45. The van der Waals surface area contributed by atoms with E-state index in [0.29, 0.717) is 11.3 Å². The highest BCUT2D eigenvalue weighted by Crippen LogP contribution is 2.29. The van der Waals surface area contributed by atoms with Crippen LogP contribution < -0.4 is 10.2 Å². The molecule has 30 heavy (non-hydrogen) atoms. The summed E-state index contributed by atoms with van der Waals surface area (Å²) in [7, 11) is 0. The van der Waals surface area contributed by atoms with Crippen molar-refractivity contribution in [1.82, 2.24) is 10.4 Å². The molecule has 0 bridgehead atoms. The van der Waals surface area contributed by atoms with Gasteiger partial charge in [-0.1, -0.05) is 78.9 Å². The Morgan fingerprint density at radius 1 is 0.933 bits per heavy atom. The Labute approximate surface area is 174 Å². The van der Waals surface area contributed by atoms with Crippen LogP contribution in [-0.2, 0) is 4.79 Å². The van der Waals surface area contributed by atoms with E-state index in [2.05, 4.69) is 5.43 Å². The summed E-state index contributed by atoms with van der Waals surface area (Å²) >= 11 is 0. The van der Waals surface area contributed by atoms with E-state index in [1.165, 1.54) is 5.01 Å². The van der Waals surface area contributed by atoms with Gasteiger partial charge >= 0.3 is 0 Å². The van der Waals surface area contributed by atoms with Crippen molar-refractivity contribution in [1.29, 1.82) is 5.41 Å². The smallest absolute Gasteiger partial charge is 0.276 e. The van der Waals surface area contributed by atoms with Gasteiger partial charge in [0.2, 0.25) is 0 Å². The molecule has 3 N–H and O–H groups in total. The number of carbonyl (C=O) groups is 1. The molecule has 0 unspecified atom stereocenters. The lowest BCUT2D eigenvalue weighted by molar-refractivity contribution is -0.126. The maximum atomic E-state index is 12.4. The molecule has 1 aliphatic rings. The topological polar surface area (TPSA) is 85.7 Å². The van der Waals surface area contributed by atoms with E-state index < -0.39 is 5.91 Å². The molecule has 150 valence electrons. The van der Waals surface area contributed by atoms with Crippen LogP contribution in [0.3, 0.4) is 0 Å². The third kappa shape index (κ3) is 4.03.